The minimum atomic E-state index is -0.381. The van der Waals surface area contributed by atoms with E-state index in [1.54, 1.807) is 24.3 Å². The number of carbonyl (C=O) groups is 1. The molecule has 0 bridgehead atoms. The lowest BCUT2D eigenvalue weighted by molar-refractivity contribution is 0.102. The quantitative estimate of drug-likeness (QED) is 0.873. The van der Waals surface area contributed by atoms with Crippen LogP contribution in [0.4, 0.5) is 5.69 Å². The second-order valence-electron chi connectivity index (χ2n) is 4.46. The summed E-state index contributed by atoms with van der Waals surface area (Å²) in [6.07, 6.45) is 0. The van der Waals surface area contributed by atoms with E-state index in [-0.39, 0.29) is 17.2 Å². The molecule has 0 spiro atoms. The van der Waals surface area contributed by atoms with Crippen LogP contribution in [-0.4, -0.2) is 11.0 Å². The van der Waals surface area contributed by atoms with Crippen molar-refractivity contribution in [3.8, 4) is 5.75 Å². The van der Waals surface area contributed by atoms with Crippen molar-refractivity contribution in [1.82, 2.24) is 0 Å². The molecule has 1 amide bonds. The zero-order chi connectivity index (χ0) is 14.0. The molecule has 0 atom stereocenters. The summed E-state index contributed by atoms with van der Waals surface area (Å²) in [4.78, 5) is 12.1. The van der Waals surface area contributed by atoms with Crippen LogP contribution in [0, 0.1) is 13.8 Å². The molecule has 4 heteroatoms. The number of phenols is 1. The fraction of sp³-hybridized carbons (Fsp3) is 0.133. The first-order valence-corrected chi connectivity index (χ1v) is 6.22. The highest BCUT2D eigenvalue weighted by Crippen LogP contribution is 2.25. The first-order valence-electron chi connectivity index (χ1n) is 5.84. The molecule has 0 fully saturated rings. The molecule has 0 heterocycles. The average Bonchev–Trinajstić information content (AvgIpc) is 2.36. The fourth-order valence-corrected chi connectivity index (χ4v) is 1.92. The Hall–Kier alpha value is -2.00. The number of phenolic OH excluding ortho intramolecular Hbond substituents is 1. The van der Waals surface area contributed by atoms with Crippen LogP contribution in [0.15, 0.2) is 36.4 Å². The summed E-state index contributed by atoms with van der Waals surface area (Å²) in [5.74, 6) is -0.430. The van der Waals surface area contributed by atoms with Crippen molar-refractivity contribution in [2.24, 2.45) is 0 Å². The van der Waals surface area contributed by atoms with Gasteiger partial charge in [-0.2, -0.15) is 0 Å². The molecule has 0 aliphatic carbocycles. The van der Waals surface area contributed by atoms with E-state index in [4.69, 9.17) is 11.6 Å². The van der Waals surface area contributed by atoms with Crippen molar-refractivity contribution in [2.45, 2.75) is 13.8 Å². The number of aryl methyl sites for hydroxylation is 2. The molecule has 19 heavy (non-hydrogen) atoms. The molecule has 3 nitrogen and oxygen atoms in total. The lowest BCUT2D eigenvalue weighted by Gasteiger charge is -2.09. The third-order valence-corrected chi connectivity index (χ3v) is 3.10. The number of nitrogens with one attached hydrogen (secondary N) is 1. The first-order chi connectivity index (χ1) is 8.97. The maximum Gasteiger partial charge on any atom is 0.259 e. The van der Waals surface area contributed by atoms with E-state index in [2.05, 4.69) is 5.32 Å². The van der Waals surface area contributed by atoms with Crippen molar-refractivity contribution in [3.63, 3.8) is 0 Å². The molecular formula is C15H14ClNO2. The van der Waals surface area contributed by atoms with Crippen molar-refractivity contribution in [3.05, 3.63) is 58.1 Å². The molecule has 0 aliphatic heterocycles. The van der Waals surface area contributed by atoms with Gasteiger partial charge in [0, 0.05) is 0 Å². The standard InChI is InChI=1S/C15H14ClNO2/c1-9-4-6-14(18)11(7-9)15(19)17-13-8-10(2)3-5-12(13)16/h3-8,18H,1-2H3,(H,17,19). The van der Waals surface area contributed by atoms with Gasteiger partial charge in [0.2, 0.25) is 0 Å². The minimum Gasteiger partial charge on any atom is -0.507 e. The van der Waals surface area contributed by atoms with Gasteiger partial charge in [0.25, 0.3) is 5.91 Å². The maximum atomic E-state index is 12.1. The Morgan fingerprint density at radius 3 is 2.47 bits per heavy atom. The number of hydrogen-bond acceptors (Lipinski definition) is 2. The fourth-order valence-electron chi connectivity index (χ4n) is 1.76. The predicted molar refractivity (Wildman–Crippen MR) is 77.0 cm³/mol. The van der Waals surface area contributed by atoms with E-state index < -0.39 is 0 Å². The molecule has 0 aliphatic rings. The van der Waals surface area contributed by atoms with Gasteiger partial charge in [-0.3, -0.25) is 4.79 Å². The average molecular weight is 276 g/mol. The van der Waals surface area contributed by atoms with Gasteiger partial charge in [-0.05, 0) is 43.7 Å². The highest BCUT2D eigenvalue weighted by Gasteiger charge is 2.13. The largest absolute Gasteiger partial charge is 0.507 e. The van der Waals surface area contributed by atoms with E-state index in [1.807, 2.05) is 19.9 Å². The molecule has 98 valence electrons. The summed E-state index contributed by atoms with van der Waals surface area (Å²) < 4.78 is 0. The van der Waals surface area contributed by atoms with E-state index in [9.17, 15) is 9.90 Å². The second kappa shape index (κ2) is 5.33. The van der Waals surface area contributed by atoms with E-state index >= 15 is 0 Å². The van der Waals surface area contributed by atoms with Crippen LogP contribution >= 0.6 is 11.6 Å². The highest BCUT2D eigenvalue weighted by molar-refractivity contribution is 6.34. The summed E-state index contributed by atoms with van der Waals surface area (Å²) in [6.45, 7) is 3.77. The second-order valence-corrected chi connectivity index (χ2v) is 4.87. The van der Waals surface area contributed by atoms with E-state index in [1.165, 1.54) is 6.07 Å². The number of rotatable bonds is 2. The number of hydrogen-bond donors (Lipinski definition) is 2. The molecule has 0 radical (unpaired) electrons. The Bertz CT molecular complexity index is 638. The number of aromatic hydroxyl groups is 1. The Morgan fingerprint density at radius 1 is 1.11 bits per heavy atom. The number of benzene rings is 2. The number of anilines is 1. The van der Waals surface area contributed by atoms with Crippen LogP contribution < -0.4 is 5.32 Å². The van der Waals surface area contributed by atoms with Crippen LogP contribution in [0.3, 0.4) is 0 Å². The number of halogens is 1. The normalized spacial score (nSPS) is 10.3. The van der Waals surface area contributed by atoms with Gasteiger partial charge in [-0.1, -0.05) is 29.3 Å². The van der Waals surface area contributed by atoms with E-state index in [0.717, 1.165) is 11.1 Å². The number of amides is 1. The van der Waals surface area contributed by atoms with Gasteiger partial charge >= 0.3 is 0 Å². The van der Waals surface area contributed by atoms with Crippen LogP contribution in [0.2, 0.25) is 5.02 Å². The van der Waals surface area contributed by atoms with Crippen molar-refractivity contribution in [2.75, 3.05) is 5.32 Å². The SMILES string of the molecule is Cc1ccc(Cl)c(NC(=O)c2cc(C)ccc2O)c1. The molecule has 0 unspecified atom stereocenters. The van der Waals surface area contributed by atoms with Crippen LogP contribution in [0.25, 0.3) is 0 Å². The van der Waals surface area contributed by atoms with Crippen molar-refractivity contribution < 1.29 is 9.90 Å². The van der Waals surface area contributed by atoms with Gasteiger partial charge < -0.3 is 10.4 Å². The van der Waals surface area contributed by atoms with Gasteiger partial charge in [0.05, 0.1) is 16.3 Å². The van der Waals surface area contributed by atoms with E-state index in [0.29, 0.717) is 10.7 Å². The van der Waals surface area contributed by atoms with Crippen molar-refractivity contribution in [1.29, 1.82) is 0 Å². The third kappa shape index (κ3) is 3.06. The Balaban J connectivity index is 2.30. The zero-order valence-corrected chi connectivity index (χ0v) is 11.5. The van der Waals surface area contributed by atoms with Crippen molar-refractivity contribution >= 4 is 23.2 Å². The smallest absolute Gasteiger partial charge is 0.259 e. The predicted octanol–water partition coefficient (Wildman–Crippen LogP) is 3.91. The molecule has 2 N–H and O–H groups in total. The Labute approximate surface area is 116 Å². The van der Waals surface area contributed by atoms with Gasteiger partial charge in [0.15, 0.2) is 0 Å². The summed E-state index contributed by atoms with van der Waals surface area (Å²) >= 11 is 6.02. The van der Waals surface area contributed by atoms with Crippen LogP contribution in [-0.2, 0) is 0 Å². The van der Waals surface area contributed by atoms with Gasteiger partial charge in [0.1, 0.15) is 5.75 Å². The molecule has 0 saturated heterocycles. The lowest BCUT2D eigenvalue weighted by atomic mass is 10.1. The Kier molecular flexibility index (Phi) is 3.76. The molecule has 2 rings (SSSR count). The first kappa shape index (κ1) is 13.4. The molecule has 0 saturated carbocycles. The van der Waals surface area contributed by atoms with Gasteiger partial charge in [-0.25, -0.2) is 0 Å². The molecule has 2 aromatic carbocycles. The third-order valence-electron chi connectivity index (χ3n) is 2.77. The summed E-state index contributed by atoms with van der Waals surface area (Å²) in [5.41, 5.74) is 2.66. The zero-order valence-electron chi connectivity index (χ0n) is 10.7. The monoisotopic (exact) mass is 275 g/mol. The molecule has 2 aromatic rings. The topological polar surface area (TPSA) is 49.3 Å². The Morgan fingerprint density at radius 2 is 1.74 bits per heavy atom. The number of carbonyl (C=O) groups excluding carboxylic acids is 1. The van der Waals surface area contributed by atoms with Gasteiger partial charge in [-0.15, -0.1) is 0 Å². The summed E-state index contributed by atoms with van der Waals surface area (Å²) in [6, 6.07) is 10.3. The maximum absolute atomic E-state index is 12.1. The van der Waals surface area contributed by atoms with Crippen LogP contribution in [0.5, 0.6) is 5.75 Å². The molecular weight excluding hydrogens is 262 g/mol. The van der Waals surface area contributed by atoms with Crippen LogP contribution in [0.1, 0.15) is 21.5 Å². The summed E-state index contributed by atoms with van der Waals surface area (Å²) in [7, 11) is 0. The summed E-state index contributed by atoms with van der Waals surface area (Å²) in [5, 5.41) is 12.9. The highest BCUT2D eigenvalue weighted by atomic mass is 35.5. The molecule has 0 aromatic heterocycles. The lowest BCUT2D eigenvalue weighted by Crippen LogP contribution is -2.12. The minimum absolute atomic E-state index is 0.0492.